The molecule has 9 heteroatoms. The minimum atomic E-state index is -0.242. The van der Waals surface area contributed by atoms with Crippen molar-refractivity contribution in [3.63, 3.8) is 0 Å². The SMILES string of the molecule is Cc1ccc2cccc(OCc3c(Cl)ccc(N(C)C(=O)Cc4ccc(C(=O)c5ccc(C#N)cc5)[nH]4)c3Cl)c2n1. The molecule has 0 bridgehead atoms. The van der Waals surface area contributed by atoms with Crippen molar-refractivity contribution in [3.8, 4) is 11.8 Å². The molecule has 0 aliphatic heterocycles. The molecule has 0 aliphatic carbocycles. The first-order valence-electron chi connectivity index (χ1n) is 12.7. The van der Waals surface area contributed by atoms with Gasteiger partial charge in [0.15, 0.2) is 0 Å². The number of pyridine rings is 1. The van der Waals surface area contributed by atoms with Crippen LogP contribution in [0.1, 0.15) is 38.6 Å². The van der Waals surface area contributed by atoms with Gasteiger partial charge in [-0.05, 0) is 67.6 Å². The van der Waals surface area contributed by atoms with Crippen molar-refractivity contribution in [1.82, 2.24) is 9.97 Å². The highest BCUT2D eigenvalue weighted by Gasteiger charge is 2.20. The van der Waals surface area contributed by atoms with Gasteiger partial charge in [0, 0.05) is 40.0 Å². The Kier molecular flexibility index (Phi) is 8.06. The fraction of sp³-hybridized carbons (Fsp3) is 0.125. The molecule has 0 fully saturated rings. The number of ether oxygens (including phenoxy) is 1. The number of rotatable bonds is 8. The number of nitrogens with zero attached hydrogens (tertiary/aromatic N) is 3. The Hall–Kier alpha value is -4.64. The lowest BCUT2D eigenvalue weighted by atomic mass is 10.1. The van der Waals surface area contributed by atoms with Crippen molar-refractivity contribution in [2.75, 3.05) is 11.9 Å². The van der Waals surface area contributed by atoms with E-state index < -0.39 is 0 Å². The van der Waals surface area contributed by atoms with Gasteiger partial charge in [0.1, 0.15) is 17.9 Å². The molecule has 7 nitrogen and oxygen atoms in total. The number of ketones is 1. The van der Waals surface area contributed by atoms with E-state index in [9.17, 15) is 9.59 Å². The van der Waals surface area contributed by atoms with E-state index in [-0.39, 0.29) is 24.7 Å². The Labute approximate surface area is 246 Å². The predicted octanol–water partition coefficient (Wildman–Crippen LogP) is 7.07. The molecule has 0 saturated carbocycles. The monoisotopic (exact) mass is 582 g/mol. The molecule has 0 unspecified atom stereocenters. The van der Waals surface area contributed by atoms with Crippen LogP contribution in [0, 0.1) is 18.3 Å². The fourth-order valence-corrected chi connectivity index (χ4v) is 5.01. The summed E-state index contributed by atoms with van der Waals surface area (Å²) < 4.78 is 6.10. The number of amides is 1. The molecule has 204 valence electrons. The average Bonchev–Trinajstić information content (AvgIpc) is 3.45. The summed E-state index contributed by atoms with van der Waals surface area (Å²) in [4.78, 5) is 35.1. The first kappa shape index (κ1) is 27.9. The summed E-state index contributed by atoms with van der Waals surface area (Å²) in [7, 11) is 1.63. The molecular formula is C32H24Cl2N4O3. The molecule has 2 aromatic heterocycles. The van der Waals surface area contributed by atoms with Crippen LogP contribution in [0.15, 0.2) is 78.9 Å². The Balaban J connectivity index is 1.30. The number of halogens is 2. The summed E-state index contributed by atoms with van der Waals surface area (Å²) in [6.45, 7) is 2.00. The number of para-hydroxylation sites is 1. The van der Waals surface area contributed by atoms with Crippen LogP contribution >= 0.6 is 23.2 Å². The second-order valence-corrected chi connectivity index (χ2v) is 10.3. The van der Waals surface area contributed by atoms with Gasteiger partial charge in [-0.2, -0.15) is 5.26 Å². The van der Waals surface area contributed by atoms with Crippen molar-refractivity contribution in [2.24, 2.45) is 0 Å². The fourth-order valence-electron chi connectivity index (χ4n) is 4.40. The molecule has 1 N–H and O–H groups in total. The molecule has 0 saturated heterocycles. The topological polar surface area (TPSA) is 99.1 Å². The largest absolute Gasteiger partial charge is 0.487 e. The summed E-state index contributed by atoms with van der Waals surface area (Å²) >= 11 is 13.2. The second kappa shape index (κ2) is 11.8. The molecule has 0 radical (unpaired) electrons. The molecule has 5 rings (SSSR count). The Morgan fingerprint density at radius 1 is 1.00 bits per heavy atom. The van der Waals surface area contributed by atoms with E-state index in [1.54, 1.807) is 55.6 Å². The van der Waals surface area contributed by atoms with Gasteiger partial charge in [-0.1, -0.05) is 41.4 Å². The first-order valence-corrected chi connectivity index (χ1v) is 13.5. The van der Waals surface area contributed by atoms with Gasteiger partial charge in [0.25, 0.3) is 0 Å². The molecule has 2 heterocycles. The van der Waals surface area contributed by atoms with E-state index >= 15 is 0 Å². The molecule has 5 aromatic rings. The number of nitrogens with one attached hydrogen (secondary N) is 1. The number of benzene rings is 3. The van der Waals surface area contributed by atoms with Crippen molar-refractivity contribution < 1.29 is 14.3 Å². The zero-order chi connectivity index (χ0) is 29.1. The lowest BCUT2D eigenvalue weighted by molar-refractivity contribution is -0.117. The number of hydrogen-bond acceptors (Lipinski definition) is 5. The van der Waals surface area contributed by atoms with E-state index in [1.165, 1.54) is 4.90 Å². The van der Waals surface area contributed by atoms with Gasteiger partial charge >= 0.3 is 0 Å². The van der Waals surface area contributed by atoms with E-state index in [4.69, 9.17) is 33.2 Å². The highest BCUT2D eigenvalue weighted by molar-refractivity contribution is 6.38. The lowest BCUT2D eigenvalue weighted by Gasteiger charge is -2.21. The minimum absolute atomic E-state index is 0.0168. The van der Waals surface area contributed by atoms with Crippen LogP contribution < -0.4 is 9.64 Å². The van der Waals surface area contributed by atoms with Crippen LogP contribution in [0.3, 0.4) is 0 Å². The number of H-pyrrole nitrogens is 1. The number of hydrogen-bond donors (Lipinski definition) is 1. The lowest BCUT2D eigenvalue weighted by Crippen LogP contribution is -2.28. The molecule has 0 spiro atoms. The van der Waals surface area contributed by atoms with Crippen LogP contribution in [0.2, 0.25) is 10.0 Å². The third kappa shape index (κ3) is 5.94. The number of likely N-dealkylation sites (N-methyl/N-ethyl adjacent to an activating group) is 1. The van der Waals surface area contributed by atoms with E-state index in [1.807, 2.05) is 43.3 Å². The quantitative estimate of drug-likeness (QED) is 0.197. The zero-order valence-corrected chi connectivity index (χ0v) is 23.8. The number of aromatic nitrogens is 2. The molecule has 3 aromatic carbocycles. The van der Waals surface area contributed by atoms with Gasteiger partial charge in [0.2, 0.25) is 11.7 Å². The standard InChI is InChI=1S/C32H24Cl2N4O3/c1-19-6-9-21-4-3-5-28(31(21)36-19)41-18-24-25(33)13-15-27(30(24)34)38(2)29(39)16-23-12-14-26(37-23)32(40)22-10-7-20(17-35)8-11-22/h3-15,37H,16,18H2,1-2H3. The maximum absolute atomic E-state index is 13.2. The summed E-state index contributed by atoms with van der Waals surface area (Å²) in [5.74, 6) is 0.129. The molecule has 0 aliphatic rings. The van der Waals surface area contributed by atoms with E-state index in [0.29, 0.717) is 49.6 Å². The highest BCUT2D eigenvalue weighted by Crippen LogP contribution is 2.35. The van der Waals surface area contributed by atoms with Crippen LogP contribution in [0.25, 0.3) is 10.9 Å². The number of fused-ring (bicyclic) bond motifs is 1. The highest BCUT2D eigenvalue weighted by atomic mass is 35.5. The number of aryl methyl sites for hydroxylation is 1. The van der Waals surface area contributed by atoms with Crippen molar-refractivity contribution >= 4 is 51.5 Å². The number of nitriles is 1. The minimum Gasteiger partial charge on any atom is -0.487 e. The van der Waals surface area contributed by atoms with Crippen LogP contribution in [-0.4, -0.2) is 28.7 Å². The summed E-state index contributed by atoms with van der Waals surface area (Å²) in [5.41, 5.74) is 4.48. The first-order chi connectivity index (χ1) is 19.7. The van der Waals surface area contributed by atoms with Gasteiger partial charge in [0.05, 0.1) is 34.5 Å². The maximum Gasteiger partial charge on any atom is 0.232 e. The van der Waals surface area contributed by atoms with Gasteiger partial charge in [-0.25, -0.2) is 4.98 Å². The Morgan fingerprint density at radius 2 is 1.78 bits per heavy atom. The van der Waals surface area contributed by atoms with Gasteiger partial charge < -0.3 is 14.6 Å². The predicted molar refractivity (Wildman–Crippen MR) is 160 cm³/mol. The normalized spacial score (nSPS) is 10.8. The number of anilines is 1. The van der Waals surface area contributed by atoms with Gasteiger partial charge in [-0.15, -0.1) is 0 Å². The average molecular weight is 583 g/mol. The number of aromatic amines is 1. The Morgan fingerprint density at radius 3 is 2.54 bits per heavy atom. The Bertz CT molecular complexity index is 1820. The maximum atomic E-state index is 13.2. The smallest absolute Gasteiger partial charge is 0.232 e. The van der Waals surface area contributed by atoms with E-state index in [2.05, 4.69) is 9.97 Å². The summed E-state index contributed by atoms with van der Waals surface area (Å²) in [6, 6.07) is 24.7. The summed E-state index contributed by atoms with van der Waals surface area (Å²) in [5, 5.41) is 10.6. The molecule has 0 atom stereocenters. The molecule has 1 amide bonds. The van der Waals surface area contributed by atoms with Crippen LogP contribution in [0.4, 0.5) is 5.69 Å². The third-order valence-electron chi connectivity index (χ3n) is 6.70. The summed E-state index contributed by atoms with van der Waals surface area (Å²) in [6.07, 6.45) is 0.0168. The molecule has 41 heavy (non-hydrogen) atoms. The van der Waals surface area contributed by atoms with E-state index in [0.717, 1.165) is 16.6 Å². The zero-order valence-electron chi connectivity index (χ0n) is 22.2. The van der Waals surface area contributed by atoms with Crippen molar-refractivity contribution in [3.05, 3.63) is 123 Å². The third-order valence-corrected chi connectivity index (χ3v) is 7.48. The van der Waals surface area contributed by atoms with Crippen molar-refractivity contribution in [2.45, 2.75) is 20.0 Å². The molecular weight excluding hydrogens is 559 g/mol. The van der Waals surface area contributed by atoms with Crippen LogP contribution in [-0.2, 0) is 17.8 Å². The van der Waals surface area contributed by atoms with Crippen molar-refractivity contribution in [1.29, 1.82) is 5.26 Å². The second-order valence-electron chi connectivity index (χ2n) is 9.47. The number of carbonyl (C=O) groups is 2. The number of carbonyl (C=O) groups excluding carboxylic acids is 2. The van der Waals surface area contributed by atoms with Gasteiger partial charge in [-0.3, -0.25) is 9.59 Å². The van der Waals surface area contributed by atoms with Crippen LogP contribution in [0.5, 0.6) is 5.75 Å².